The van der Waals surface area contributed by atoms with E-state index in [0.29, 0.717) is 57.5 Å². The summed E-state index contributed by atoms with van der Waals surface area (Å²) in [5.41, 5.74) is 1.09. The van der Waals surface area contributed by atoms with Crippen LogP contribution in [0, 0.1) is 11.8 Å². The van der Waals surface area contributed by atoms with Gasteiger partial charge in [0, 0.05) is 26.2 Å². The first kappa shape index (κ1) is 36.9. The molecule has 0 aromatic heterocycles. The third-order valence-corrected chi connectivity index (χ3v) is 8.76. The van der Waals surface area contributed by atoms with Gasteiger partial charge in [-0.3, -0.25) is 14.4 Å². The Kier molecular flexibility index (Phi) is 13.4. The lowest BCUT2D eigenvalue weighted by molar-refractivity contribution is -0.161. The molecule has 0 bridgehead atoms. The van der Waals surface area contributed by atoms with E-state index in [1.807, 2.05) is 51.1 Å². The lowest BCUT2D eigenvalue weighted by Gasteiger charge is -2.36. The van der Waals surface area contributed by atoms with Crippen molar-refractivity contribution in [2.75, 3.05) is 26.9 Å². The molecule has 4 rings (SSSR count). The SMILES string of the molecule is COC(=O)[C@@H]1C[C@@H](OCCCOCc2ccccc2)CN1C(=O)[C@@H](NC(=O)Cc1cccc(O)c1)C1CCC(C(=O)OC(C)(C)C)CC1. The number of aromatic hydroxyl groups is 1. The maximum absolute atomic E-state index is 14.3. The molecule has 2 N–H and O–H groups in total. The highest BCUT2D eigenvalue weighted by Crippen LogP contribution is 2.34. The zero-order valence-corrected chi connectivity index (χ0v) is 28.5. The molecule has 0 unspecified atom stereocenters. The Bertz CT molecular complexity index is 1370. The standard InChI is InChI=1S/C37H50N2O9/c1-37(2,3)48-35(43)28-16-14-27(15-17-28)33(38-32(41)21-26-12-8-13-29(40)20-26)34(42)39-23-30(22-31(39)36(44)45-4)47-19-9-18-46-24-25-10-6-5-7-11-25/h5-8,10-13,20,27-28,30-31,33,40H,9,14-19,21-24H2,1-4H3,(H,38,41)/t27?,28?,30-,31+,33+/m1/s1. The molecule has 262 valence electrons. The molecule has 1 aliphatic heterocycles. The fourth-order valence-electron chi connectivity index (χ4n) is 6.41. The molecular weight excluding hydrogens is 616 g/mol. The third kappa shape index (κ3) is 11.1. The number of carbonyl (C=O) groups excluding carboxylic acids is 4. The average Bonchev–Trinajstić information content (AvgIpc) is 3.48. The molecule has 48 heavy (non-hydrogen) atoms. The van der Waals surface area contributed by atoms with E-state index in [0.717, 1.165) is 5.56 Å². The first-order chi connectivity index (χ1) is 22.9. The predicted molar refractivity (Wildman–Crippen MR) is 178 cm³/mol. The van der Waals surface area contributed by atoms with E-state index in [1.54, 1.807) is 12.1 Å². The number of nitrogens with one attached hydrogen (secondary N) is 1. The van der Waals surface area contributed by atoms with Crippen molar-refractivity contribution in [1.29, 1.82) is 0 Å². The molecule has 0 radical (unpaired) electrons. The molecule has 1 saturated carbocycles. The van der Waals surface area contributed by atoms with Crippen molar-refractivity contribution >= 4 is 23.8 Å². The lowest BCUT2D eigenvalue weighted by Crippen LogP contribution is -2.55. The van der Waals surface area contributed by atoms with Crippen molar-refractivity contribution in [3.8, 4) is 5.75 Å². The van der Waals surface area contributed by atoms with Crippen LogP contribution in [0.4, 0.5) is 0 Å². The van der Waals surface area contributed by atoms with Crippen molar-refractivity contribution < 1.29 is 43.2 Å². The van der Waals surface area contributed by atoms with Crippen LogP contribution in [0.15, 0.2) is 54.6 Å². The Labute approximate surface area is 283 Å². The molecule has 11 heteroatoms. The van der Waals surface area contributed by atoms with Crippen LogP contribution in [0.25, 0.3) is 0 Å². The number of ether oxygens (including phenoxy) is 4. The molecule has 1 heterocycles. The topological polar surface area (TPSA) is 141 Å². The Morgan fingerprint density at radius 3 is 2.31 bits per heavy atom. The van der Waals surface area contributed by atoms with Crippen LogP contribution >= 0.6 is 0 Å². The van der Waals surface area contributed by atoms with E-state index >= 15 is 0 Å². The maximum Gasteiger partial charge on any atom is 0.328 e. The number of methoxy groups -OCH3 is 1. The summed E-state index contributed by atoms with van der Waals surface area (Å²) < 4.78 is 22.5. The van der Waals surface area contributed by atoms with E-state index in [4.69, 9.17) is 18.9 Å². The molecule has 0 spiro atoms. The highest BCUT2D eigenvalue weighted by Gasteiger charge is 2.45. The third-order valence-electron chi connectivity index (χ3n) is 8.76. The van der Waals surface area contributed by atoms with E-state index in [9.17, 15) is 24.3 Å². The number of hydrogen-bond acceptors (Lipinski definition) is 9. The number of hydrogen-bond donors (Lipinski definition) is 2. The minimum atomic E-state index is -0.924. The minimum absolute atomic E-state index is 0.0378. The Morgan fingerprint density at radius 2 is 1.65 bits per heavy atom. The number of phenolic OH excluding ortho intramolecular Hbond substituents is 1. The summed E-state index contributed by atoms with van der Waals surface area (Å²) in [4.78, 5) is 54.8. The van der Waals surface area contributed by atoms with Gasteiger partial charge in [0.25, 0.3) is 0 Å². The number of nitrogens with zero attached hydrogens (tertiary/aromatic N) is 1. The summed E-state index contributed by atoms with van der Waals surface area (Å²) in [5.74, 6) is -2.07. The minimum Gasteiger partial charge on any atom is -0.508 e. The van der Waals surface area contributed by atoms with Gasteiger partial charge in [-0.25, -0.2) is 4.79 Å². The van der Waals surface area contributed by atoms with Gasteiger partial charge in [0.15, 0.2) is 0 Å². The number of phenols is 1. The van der Waals surface area contributed by atoms with Gasteiger partial charge in [-0.05, 0) is 82.1 Å². The fourth-order valence-corrected chi connectivity index (χ4v) is 6.41. The van der Waals surface area contributed by atoms with Crippen LogP contribution in [0.5, 0.6) is 5.75 Å². The van der Waals surface area contributed by atoms with Crippen LogP contribution in [-0.4, -0.2) is 84.4 Å². The van der Waals surface area contributed by atoms with Crippen molar-refractivity contribution in [2.24, 2.45) is 11.8 Å². The van der Waals surface area contributed by atoms with Crippen LogP contribution < -0.4 is 5.32 Å². The number of likely N-dealkylation sites (tertiary alicyclic amines) is 1. The molecule has 3 atom stereocenters. The van der Waals surface area contributed by atoms with Crippen molar-refractivity contribution in [2.45, 2.75) is 96.1 Å². The smallest absolute Gasteiger partial charge is 0.328 e. The van der Waals surface area contributed by atoms with Gasteiger partial charge in [-0.2, -0.15) is 0 Å². The van der Waals surface area contributed by atoms with Gasteiger partial charge >= 0.3 is 11.9 Å². The van der Waals surface area contributed by atoms with Crippen LogP contribution in [0.1, 0.15) is 70.4 Å². The first-order valence-electron chi connectivity index (χ1n) is 16.8. The largest absolute Gasteiger partial charge is 0.508 e. The van der Waals surface area contributed by atoms with E-state index in [-0.39, 0.29) is 54.8 Å². The molecule has 2 fully saturated rings. The van der Waals surface area contributed by atoms with Crippen LogP contribution in [0.3, 0.4) is 0 Å². The first-order valence-corrected chi connectivity index (χ1v) is 16.8. The number of carbonyl (C=O) groups is 4. The summed E-state index contributed by atoms with van der Waals surface area (Å²) in [6.45, 7) is 7.08. The molecular formula is C37H50N2O9. The summed E-state index contributed by atoms with van der Waals surface area (Å²) in [5, 5.41) is 12.8. The van der Waals surface area contributed by atoms with E-state index < -0.39 is 29.8 Å². The maximum atomic E-state index is 14.3. The van der Waals surface area contributed by atoms with E-state index in [1.165, 1.54) is 24.1 Å². The molecule has 11 nitrogen and oxygen atoms in total. The fraction of sp³-hybridized carbons (Fsp3) is 0.568. The number of amides is 2. The average molecular weight is 667 g/mol. The molecule has 1 saturated heterocycles. The summed E-state index contributed by atoms with van der Waals surface area (Å²) in [6.07, 6.45) is 2.57. The highest BCUT2D eigenvalue weighted by atomic mass is 16.6. The Hall–Kier alpha value is -3.96. The van der Waals surface area contributed by atoms with Gasteiger partial charge < -0.3 is 34.3 Å². The second-order valence-electron chi connectivity index (χ2n) is 13.7. The van der Waals surface area contributed by atoms with Gasteiger partial charge in [0.1, 0.15) is 23.4 Å². The Morgan fingerprint density at radius 1 is 0.938 bits per heavy atom. The predicted octanol–water partition coefficient (Wildman–Crippen LogP) is 4.33. The van der Waals surface area contributed by atoms with Gasteiger partial charge in [0.05, 0.1) is 32.2 Å². The van der Waals surface area contributed by atoms with Crippen molar-refractivity contribution in [1.82, 2.24) is 10.2 Å². The number of esters is 2. The van der Waals surface area contributed by atoms with Gasteiger partial charge in [-0.1, -0.05) is 42.5 Å². The molecule has 2 aromatic carbocycles. The quantitative estimate of drug-likeness (QED) is 0.223. The van der Waals surface area contributed by atoms with Crippen molar-refractivity contribution in [3.63, 3.8) is 0 Å². The molecule has 1 aliphatic carbocycles. The van der Waals surface area contributed by atoms with E-state index in [2.05, 4.69) is 5.32 Å². The zero-order chi connectivity index (χ0) is 34.7. The molecule has 2 aliphatic rings. The van der Waals surface area contributed by atoms with Crippen molar-refractivity contribution in [3.05, 3.63) is 65.7 Å². The van der Waals surface area contributed by atoms with Crippen LogP contribution in [0.2, 0.25) is 0 Å². The van der Waals surface area contributed by atoms with Crippen LogP contribution in [-0.2, 0) is 51.2 Å². The second kappa shape index (κ2) is 17.4. The summed E-state index contributed by atoms with van der Waals surface area (Å²) >= 11 is 0. The Balaban J connectivity index is 1.41. The normalized spacial score (nSPS) is 21.7. The number of benzene rings is 2. The molecule has 2 aromatic rings. The lowest BCUT2D eigenvalue weighted by atomic mass is 9.78. The summed E-state index contributed by atoms with van der Waals surface area (Å²) in [7, 11) is 1.29. The molecule has 2 amide bonds. The highest BCUT2D eigenvalue weighted by molar-refractivity contribution is 5.92. The van der Waals surface area contributed by atoms with Gasteiger partial charge in [0.2, 0.25) is 11.8 Å². The second-order valence-corrected chi connectivity index (χ2v) is 13.7. The monoisotopic (exact) mass is 666 g/mol. The zero-order valence-electron chi connectivity index (χ0n) is 28.5. The number of rotatable bonds is 14. The summed E-state index contributed by atoms with van der Waals surface area (Å²) in [6, 6.07) is 14.5. The van der Waals surface area contributed by atoms with Gasteiger partial charge in [-0.15, -0.1) is 0 Å².